The van der Waals surface area contributed by atoms with E-state index in [2.05, 4.69) is 20.0 Å². The number of nitrogens with zero attached hydrogens (tertiary/aromatic N) is 2. The van der Waals surface area contributed by atoms with Crippen LogP contribution in [-0.4, -0.2) is 35.9 Å². The van der Waals surface area contributed by atoms with Gasteiger partial charge >= 0.3 is 6.18 Å². The van der Waals surface area contributed by atoms with E-state index in [1.165, 1.54) is 6.33 Å². The molecule has 102 valence electrons. The predicted octanol–water partition coefficient (Wildman–Crippen LogP) is 1.61. The summed E-state index contributed by atoms with van der Waals surface area (Å²) in [6, 6.07) is 0. The van der Waals surface area contributed by atoms with E-state index in [1.807, 2.05) is 6.92 Å². The highest BCUT2D eigenvalue weighted by atomic mass is 19.4. The summed E-state index contributed by atoms with van der Waals surface area (Å²) in [5.74, 6) is 0.895. The Kier molecular flexibility index (Phi) is 5.14. The van der Waals surface area contributed by atoms with Gasteiger partial charge in [-0.1, -0.05) is 6.92 Å². The van der Waals surface area contributed by atoms with Crippen LogP contribution < -0.4 is 11.1 Å². The smallest absolute Gasteiger partial charge is 0.383 e. The maximum Gasteiger partial charge on any atom is 0.411 e. The number of alkyl halides is 3. The van der Waals surface area contributed by atoms with Crippen LogP contribution in [0.2, 0.25) is 0 Å². The Bertz CT molecular complexity index is 384. The van der Waals surface area contributed by atoms with Gasteiger partial charge in [0, 0.05) is 12.1 Å². The van der Waals surface area contributed by atoms with E-state index in [9.17, 15) is 13.2 Å². The Balaban J connectivity index is 2.38. The fourth-order valence-electron chi connectivity index (χ4n) is 1.36. The SMILES string of the molecule is CCc1c(N)ncnc1NCCOCC(F)(F)F. The second-order valence-electron chi connectivity index (χ2n) is 3.53. The largest absolute Gasteiger partial charge is 0.411 e. The highest BCUT2D eigenvalue weighted by Crippen LogP contribution is 2.17. The lowest BCUT2D eigenvalue weighted by atomic mass is 10.2. The van der Waals surface area contributed by atoms with Crippen LogP contribution in [0.1, 0.15) is 12.5 Å². The van der Waals surface area contributed by atoms with Gasteiger partial charge < -0.3 is 15.8 Å². The lowest BCUT2D eigenvalue weighted by Crippen LogP contribution is -2.20. The molecule has 5 nitrogen and oxygen atoms in total. The molecule has 0 aliphatic carbocycles. The summed E-state index contributed by atoms with van der Waals surface area (Å²) in [5, 5.41) is 2.87. The second-order valence-corrected chi connectivity index (χ2v) is 3.53. The number of hydrogen-bond donors (Lipinski definition) is 2. The molecule has 0 spiro atoms. The molecule has 0 fully saturated rings. The van der Waals surface area contributed by atoms with Crippen molar-refractivity contribution < 1.29 is 17.9 Å². The molecule has 8 heteroatoms. The van der Waals surface area contributed by atoms with Crippen LogP contribution in [0.4, 0.5) is 24.8 Å². The first kappa shape index (κ1) is 14.5. The van der Waals surface area contributed by atoms with E-state index < -0.39 is 12.8 Å². The summed E-state index contributed by atoms with van der Waals surface area (Å²) in [6.07, 6.45) is -2.36. The molecule has 1 aromatic heterocycles. The van der Waals surface area contributed by atoms with E-state index in [0.29, 0.717) is 18.1 Å². The normalized spacial score (nSPS) is 11.6. The maximum absolute atomic E-state index is 11.8. The van der Waals surface area contributed by atoms with Gasteiger partial charge in [-0.15, -0.1) is 0 Å². The lowest BCUT2D eigenvalue weighted by Gasteiger charge is -2.11. The summed E-state index contributed by atoms with van der Waals surface area (Å²) in [7, 11) is 0. The molecule has 18 heavy (non-hydrogen) atoms. The molecule has 0 aliphatic heterocycles. The second kappa shape index (κ2) is 6.39. The average Bonchev–Trinajstić information content (AvgIpc) is 2.27. The van der Waals surface area contributed by atoms with Crippen LogP contribution in [0.25, 0.3) is 0 Å². The van der Waals surface area contributed by atoms with E-state index in [-0.39, 0.29) is 13.2 Å². The molecule has 0 amide bonds. The van der Waals surface area contributed by atoms with Gasteiger partial charge in [0.2, 0.25) is 0 Å². The van der Waals surface area contributed by atoms with Crippen molar-refractivity contribution in [3.63, 3.8) is 0 Å². The molecule has 0 atom stereocenters. The number of hydrogen-bond acceptors (Lipinski definition) is 5. The molecule has 0 unspecified atom stereocenters. The topological polar surface area (TPSA) is 73.1 Å². The highest BCUT2D eigenvalue weighted by molar-refractivity contribution is 5.54. The van der Waals surface area contributed by atoms with Crippen molar-refractivity contribution in [2.45, 2.75) is 19.5 Å². The Labute approximate surface area is 103 Å². The summed E-state index contributed by atoms with van der Waals surface area (Å²) in [5.41, 5.74) is 6.39. The number of nitrogen functional groups attached to an aromatic ring is 1. The first-order valence-corrected chi connectivity index (χ1v) is 5.41. The van der Waals surface area contributed by atoms with Gasteiger partial charge in [-0.05, 0) is 6.42 Å². The van der Waals surface area contributed by atoms with E-state index in [4.69, 9.17) is 5.73 Å². The molecular weight excluding hydrogens is 249 g/mol. The quantitative estimate of drug-likeness (QED) is 0.764. The number of aromatic nitrogens is 2. The molecule has 0 aromatic carbocycles. The maximum atomic E-state index is 11.8. The zero-order valence-electron chi connectivity index (χ0n) is 9.92. The number of halogens is 3. The minimum atomic E-state index is -4.30. The molecule has 1 aromatic rings. The van der Waals surface area contributed by atoms with Crippen molar-refractivity contribution in [1.29, 1.82) is 0 Å². The first-order valence-electron chi connectivity index (χ1n) is 5.41. The van der Waals surface area contributed by atoms with Crippen LogP contribution in [0.3, 0.4) is 0 Å². The zero-order chi connectivity index (χ0) is 13.6. The number of anilines is 2. The molecule has 3 N–H and O–H groups in total. The monoisotopic (exact) mass is 264 g/mol. The molecule has 1 heterocycles. The summed E-state index contributed by atoms with van der Waals surface area (Å²) < 4.78 is 39.8. The third-order valence-corrected chi connectivity index (χ3v) is 2.14. The number of nitrogens with two attached hydrogens (primary N) is 1. The van der Waals surface area contributed by atoms with Crippen molar-refractivity contribution in [2.75, 3.05) is 30.8 Å². The van der Waals surface area contributed by atoms with Crippen molar-refractivity contribution in [2.24, 2.45) is 0 Å². The van der Waals surface area contributed by atoms with E-state index in [1.54, 1.807) is 0 Å². The molecule has 0 bridgehead atoms. The number of rotatable bonds is 6. The van der Waals surface area contributed by atoms with Gasteiger partial charge in [-0.2, -0.15) is 13.2 Å². The van der Waals surface area contributed by atoms with Gasteiger partial charge in [0.25, 0.3) is 0 Å². The van der Waals surface area contributed by atoms with Crippen molar-refractivity contribution in [3.8, 4) is 0 Å². The Hall–Kier alpha value is -1.57. The summed E-state index contributed by atoms with van der Waals surface area (Å²) >= 11 is 0. The molecule has 1 rings (SSSR count). The predicted molar refractivity (Wildman–Crippen MR) is 61.2 cm³/mol. The zero-order valence-corrected chi connectivity index (χ0v) is 9.92. The average molecular weight is 264 g/mol. The van der Waals surface area contributed by atoms with Crippen molar-refractivity contribution in [3.05, 3.63) is 11.9 Å². The van der Waals surface area contributed by atoms with Crippen LogP contribution >= 0.6 is 0 Å². The van der Waals surface area contributed by atoms with E-state index >= 15 is 0 Å². The van der Waals surface area contributed by atoms with Gasteiger partial charge in [-0.3, -0.25) is 0 Å². The highest BCUT2D eigenvalue weighted by Gasteiger charge is 2.27. The third-order valence-electron chi connectivity index (χ3n) is 2.14. The fraction of sp³-hybridized carbons (Fsp3) is 0.600. The molecule has 0 saturated heterocycles. The van der Waals surface area contributed by atoms with Crippen LogP contribution in [0, 0.1) is 0 Å². The molecule has 0 aliphatic rings. The Morgan fingerprint density at radius 1 is 1.39 bits per heavy atom. The Morgan fingerprint density at radius 2 is 2.11 bits per heavy atom. The van der Waals surface area contributed by atoms with E-state index in [0.717, 1.165) is 5.56 Å². The summed E-state index contributed by atoms with van der Waals surface area (Å²) in [6.45, 7) is 0.799. The molecular formula is C10H15F3N4O. The minimum absolute atomic E-state index is 0.0629. The van der Waals surface area contributed by atoms with Crippen LogP contribution in [-0.2, 0) is 11.2 Å². The van der Waals surface area contributed by atoms with Gasteiger partial charge in [0.05, 0.1) is 6.61 Å². The lowest BCUT2D eigenvalue weighted by molar-refractivity contribution is -0.172. The third kappa shape index (κ3) is 4.74. The van der Waals surface area contributed by atoms with Crippen molar-refractivity contribution in [1.82, 2.24) is 9.97 Å². The number of nitrogens with one attached hydrogen (secondary N) is 1. The molecule has 0 radical (unpaired) electrons. The molecule has 0 saturated carbocycles. The van der Waals surface area contributed by atoms with Gasteiger partial charge in [0.1, 0.15) is 24.6 Å². The standard InChI is InChI=1S/C10H15F3N4O/c1-2-7-8(14)16-6-17-9(7)15-3-4-18-5-10(11,12)13/h6H,2-5H2,1H3,(H3,14,15,16,17). The number of ether oxygens (including phenoxy) is 1. The first-order chi connectivity index (χ1) is 8.44. The van der Waals surface area contributed by atoms with Gasteiger partial charge in [-0.25, -0.2) is 9.97 Å². The minimum Gasteiger partial charge on any atom is -0.383 e. The van der Waals surface area contributed by atoms with Crippen LogP contribution in [0.15, 0.2) is 6.33 Å². The fourth-order valence-corrected chi connectivity index (χ4v) is 1.36. The van der Waals surface area contributed by atoms with Crippen LogP contribution in [0.5, 0.6) is 0 Å². The summed E-state index contributed by atoms with van der Waals surface area (Å²) in [4.78, 5) is 7.81. The van der Waals surface area contributed by atoms with Gasteiger partial charge in [0.15, 0.2) is 0 Å². The Morgan fingerprint density at radius 3 is 2.72 bits per heavy atom. The van der Waals surface area contributed by atoms with Crippen molar-refractivity contribution >= 4 is 11.6 Å².